The Kier molecular flexibility index (Phi) is 5.30. The molecule has 0 fully saturated rings. The Morgan fingerprint density at radius 3 is 2.30 bits per heavy atom. The Hall–Kier alpha value is -3.48. The summed E-state index contributed by atoms with van der Waals surface area (Å²) < 4.78 is 5.17. The molecule has 7 heteroatoms. The van der Waals surface area contributed by atoms with Crippen LogP contribution in [0.5, 0.6) is 5.75 Å². The number of nitrogens with one attached hydrogen (secondary N) is 1. The number of amides is 3. The van der Waals surface area contributed by atoms with Crippen LogP contribution in [0.2, 0.25) is 0 Å². The highest BCUT2D eigenvalue weighted by Crippen LogP contribution is 2.21. The molecule has 0 unspecified atom stereocenters. The number of carbonyl (C=O) groups excluding carboxylic acids is 4. The molecule has 2 aromatic rings. The fourth-order valence-electron chi connectivity index (χ4n) is 2.75. The molecule has 0 spiro atoms. The second-order valence-corrected chi connectivity index (χ2v) is 5.99. The van der Waals surface area contributed by atoms with Crippen LogP contribution in [0.25, 0.3) is 0 Å². The van der Waals surface area contributed by atoms with Crippen molar-refractivity contribution in [1.29, 1.82) is 0 Å². The predicted molar refractivity (Wildman–Crippen MR) is 96.3 cm³/mol. The average molecular weight is 366 g/mol. The van der Waals surface area contributed by atoms with Gasteiger partial charge in [-0.3, -0.25) is 19.3 Å². The van der Waals surface area contributed by atoms with Crippen molar-refractivity contribution in [3.63, 3.8) is 0 Å². The SMILES string of the molecule is CCc1cccc(OC(=O)CNC(=O)CN2C(=O)c3ccccc3C2=O)c1. The topological polar surface area (TPSA) is 92.8 Å². The zero-order valence-electron chi connectivity index (χ0n) is 14.7. The van der Waals surface area contributed by atoms with E-state index in [1.54, 1.807) is 30.3 Å². The summed E-state index contributed by atoms with van der Waals surface area (Å²) >= 11 is 0. The fourth-order valence-corrected chi connectivity index (χ4v) is 2.75. The number of aryl methyl sites for hydroxylation is 1. The Bertz CT molecular complexity index is 887. The molecule has 0 saturated heterocycles. The van der Waals surface area contributed by atoms with E-state index < -0.39 is 30.2 Å². The second kappa shape index (κ2) is 7.82. The van der Waals surface area contributed by atoms with E-state index >= 15 is 0 Å². The van der Waals surface area contributed by atoms with E-state index in [2.05, 4.69) is 5.32 Å². The van der Waals surface area contributed by atoms with E-state index in [4.69, 9.17) is 4.74 Å². The van der Waals surface area contributed by atoms with E-state index in [0.717, 1.165) is 16.9 Å². The van der Waals surface area contributed by atoms with E-state index in [9.17, 15) is 19.2 Å². The lowest BCUT2D eigenvalue weighted by atomic mass is 10.1. The first-order valence-electron chi connectivity index (χ1n) is 8.51. The monoisotopic (exact) mass is 366 g/mol. The Labute approximate surface area is 155 Å². The number of carbonyl (C=O) groups is 4. The first-order chi connectivity index (χ1) is 13.0. The van der Waals surface area contributed by atoms with Crippen LogP contribution in [-0.4, -0.2) is 41.7 Å². The summed E-state index contributed by atoms with van der Waals surface area (Å²) in [7, 11) is 0. The molecule has 1 heterocycles. The van der Waals surface area contributed by atoms with Gasteiger partial charge in [-0.25, -0.2) is 4.79 Å². The molecule has 0 atom stereocenters. The minimum absolute atomic E-state index is 0.269. The maximum atomic E-state index is 12.2. The Morgan fingerprint density at radius 2 is 1.67 bits per heavy atom. The summed E-state index contributed by atoms with van der Waals surface area (Å²) in [5.74, 6) is -1.91. The molecule has 1 aliphatic rings. The third-order valence-electron chi connectivity index (χ3n) is 4.15. The molecule has 1 N–H and O–H groups in total. The van der Waals surface area contributed by atoms with Crippen LogP contribution < -0.4 is 10.1 Å². The molecule has 138 valence electrons. The lowest BCUT2D eigenvalue weighted by Gasteiger charge is -2.13. The van der Waals surface area contributed by atoms with Gasteiger partial charge in [-0.15, -0.1) is 0 Å². The van der Waals surface area contributed by atoms with Gasteiger partial charge in [0.1, 0.15) is 18.8 Å². The maximum absolute atomic E-state index is 12.2. The zero-order chi connectivity index (χ0) is 19.4. The van der Waals surface area contributed by atoms with Crippen LogP contribution in [0.4, 0.5) is 0 Å². The highest BCUT2D eigenvalue weighted by molar-refractivity contribution is 6.22. The molecule has 0 radical (unpaired) electrons. The van der Waals surface area contributed by atoms with Crippen molar-refractivity contribution in [2.45, 2.75) is 13.3 Å². The highest BCUT2D eigenvalue weighted by atomic mass is 16.5. The van der Waals surface area contributed by atoms with Crippen molar-refractivity contribution in [2.24, 2.45) is 0 Å². The van der Waals surface area contributed by atoms with Gasteiger partial charge in [0.05, 0.1) is 11.1 Å². The summed E-state index contributed by atoms with van der Waals surface area (Å²) in [6.45, 7) is 1.17. The van der Waals surface area contributed by atoms with E-state index in [1.807, 2.05) is 13.0 Å². The maximum Gasteiger partial charge on any atom is 0.330 e. The van der Waals surface area contributed by atoms with Crippen molar-refractivity contribution < 1.29 is 23.9 Å². The third-order valence-corrected chi connectivity index (χ3v) is 4.15. The summed E-state index contributed by atoms with van der Waals surface area (Å²) in [5.41, 5.74) is 1.56. The van der Waals surface area contributed by atoms with Crippen molar-refractivity contribution in [3.05, 3.63) is 65.2 Å². The summed E-state index contributed by atoms with van der Waals surface area (Å²) in [6, 6.07) is 13.5. The van der Waals surface area contributed by atoms with Crippen LogP contribution in [-0.2, 0) is 16.0 Å². The van der Waals surface area contributed by atoms with Gasteiger partial charge in [-0.1, -0.05) is 31.2 Å². The first-order valence-corrected chi connectivity index (χ1v) is 8.51. The molecule has 0 saturated carbocycles. The molecule has 3 amide bonds. The number of esters is 1. The lowest BCUT2D eigenvalue weighted by Crippen LogP contribution is -2.42. The van der Waals surface area contributed by atoms with Gasteiger partial charge < -0.3 is 10.1 Å². The zero-order valence-corrected chi connectivity index (χ0v) is 14.7. The Balaban J connectivity index is 1.52. The van der Waals surface area contributed by atoms with E-state index in [0.29, 0.717) is 5.75 Å². The van der Waals surface area contributed by atoms with Crippen molar-refractivity contribution in [3.8, 4) is 5.75 Å². The molecule has 0 aliphatic carbocycles. The molecule has 7 nitrogen and oxygen atoms in total. The number of benzene rings is 2. The molecule has 0 aromatic heterocycles. The number of ether oxygens (including phenoxy) is 1. The van der Waals surface area contributed by atoms with E-state index in [-0.39, 0.29) is 17.7 Å². The molecule has 1 aliphatic heterocycles. The smallest absolute Gasteiger partial charge is 0.330 e. The van der Waals surface area contributed by atoms with Crippen LogP contribution >= 0.6 is 0 Å². The van der Waals surface area contributed by atoms with Crippen molar-refractivity contribution in [1.82, 2.24) is 10.2 Å². The van der Waals surface area contributed by atoms with E-state index in [1.165, 1.54) is 12.1 Å². The Morgan fingerprint density at radius 1 is 1.00 bits per heavy atom. The van der Waals surface area contributed by atoms with Crippen molar-refractivity contribution >= 4 is 23.7 Å². The summed E-state index contributed by atoms with van der Waals surface area (Å²) in [4.78, 5) is 49.2. The molecular weight excluding hydrogens is 348 g/mol. The number of nitrogens with zero attached hydrogens (tertiary/aromatic N) is 1. The summed E-state index contributed by atoms with van der Waals surface area (Å²) in [6.07, 6.45) is 0.808. The van der Waals surface area contributed by atoms with Gasteiger partial charge in [0.25, 0.3) is 11.8 Å². The van der Waals surface area contributed by atoms with Crippen LogP contribution in [0.15, 0.2) is 48.5 Å². The van der Waals surface area contributed by atoms with Gasteiger partial charge in [-0.05, 0) is 36.2 Å². The van der Waals surface area contributed by atoms with Gasteiger partial charge in [0, 0.05) is 0 Å². The quantitative estimate of drug-likeness (QED) is 0.476. The minimum atomic E-state index is -0.640. The number of hydrogen-bond donors (Lipinski definition) is 1. The molecule has 0 bridgehead atoms. The largest absolute Gasteiger partial charge is 0.425 e. The molecule has 27 heavy (non-hydrogen) atoms. The second-order valence-electron chi connectivity index (χ2n) is 5.99. The van der Waals surface area contributed by atoms with Gasteiger partial charge in [-0.2, -0.15) is 0 Å². The first kappa shape index (κ1) is 18.3. The number of fused-ring (bicyclic) bond motifs is 1. The van der Waals surface area contributed by atoms with Crippen LogP contribution in [0.1, 0.15) is 33.2 Å². The predicted octanol–water partition coefficient (Wildman–Crippen LogP) is 1.57. The molecule has 3 rings (SSSR count). The van der Waals surface area contributed by atoms with Gasteiger partial charge >= 0.3 is 5.97 Å². The molecular formula is C20H18N2O5. The highest BCUT2D eigenvalue weighted by Gasteiger charge is 2.36. The van der Waals surface area contributed by atoms with Gasteiger partial charge in [0.2, 0.25) is 5.91 Å². The fraction of sp³-hybridized carbons (Fsp3) is 0.200. The van der Waals surface area contributed by atoms with Crippen LogP contribution in [0.3, 0.4) is 0 Å². The normalized spacial score (nSPS) is 12.7. The number of imide groups is 1. The average Bonchev–Trinajstić information content (AvgIpc) is 2.92. The summed E-state index contributed by atoms with van der Waals surface area (Å²) in [5, 5.41) is 2.37. The number of rotatable bonds is 6. The number of hydrogen-bond acceptors (Lipinski definition) is 5. The lowest BCUT2D eigenvalue weighted by molar-refractivity contribution is -0.135. The van der Waals surface area contributed by atoms with Crippen LogP contribution in [0, 0.1) is 0 Å². The third kappa shape index (κ3) is 4.03. The standard InChI is InChI=1S/C20H18N2O5/c1-2-13-6-5-7-14(10-13)27-18(24)11-21-17(23)12-22-19(25)15-8-3-4-9-16(15)20(22)26/h3-10H,2,11-12H2,1H3,(H,21,23). The van der Waals surface area contributed by atoms with Crippen molar-refractivity contribution in [2.75, 3.05) is 13.1 Å². The molecule has 2 aromatic carbocycles. The minimum Gasteiger partial charge on any atom is -0.425 e. The van der Waals surface area contributed by atoms with Gasteiger partial charge in [0.15, 0.2) is 0 Å².